The summed E-state index contributed by atoms with van der Waals surface area (Å²) in [6.07, 6.45) is 1.57. The Morgan fingerprint density at radius 1 is 1.04 bits per heavy atom. The van der Waals surface area contributed by atoms with Gasteiger partial charge in [0.15, 0.2) is 0 Å². The second-order valence-electron chi connectivity index (χ2n) is 5.89. The van der Waals surface area contributed by atoms with Crippen molar-refractivity contribution in [1.82, 2.24) is 10.3 Å². The lowest BCUT2D eigenvalue weighted by Crippen LogP contribution is -2.41. The zero-order valence-corrected chi connectivity index (χ0v) is 15.2. The lowest BCUT2D eigenvalue weighted by Gasteiger charge is -2.15. The van der Waals surface area contributed by atoms with Crippen molar-refractivity contribution in [3.05, 3.63) is 72.4 Å². The molecule has 1 heterocycles. The number of carboxylic acids is 1. The molecule has 1 aromatic heterocycles. The van der Waals surface area contributed by atoms with Gasteiger partial charge in [0, 0.05) is 22.2 Å². The van der Waals surface area contributed by atoms with Crippen LogP contribution in [0.1, 0.15) is 16.8 Å². The monoisotopic (exact) mass is 382 g/mol. The van der Waals surface area contributed by atoms with E-state index in [2.05, 4.69) is 10.3 Å². The predicted octanol–water partition coefficient (Wildman–Crippen LogP) is 2.62. The van der Waals surface area contributed by atoms with E-state index in [4.69, 9.17) is 0 Å². The van der Waals surface area contributed by atoms with Crippen LogP contribution in [0.5, 0.6) is 0 Å². The summed E-state index contributed by atoms with van der Waals surface area (Å²) in [6.45, 7) is 0. The van der Waals surface area contributed by atoms with Crippen LogP contribution in [-0.4, -0.2) is 38.0 Å². The first-order valence-electron chi connectivity index (χ1n) is 8.37. The summed E-state index contributed by atoms with van der Waals surface area (Å²) in [5, 5.41) is 12.6. The van der Waals surface area contributed by atoms with E-state index in [1.54, 1.807) is 48.5 Å². The first-order valence-corrected chi connectivity index (χ1v) is 9.69. The van der Waals surface area contributed by atoms with Crippen molar-refractivity contribution in [1.29, 1.82) is 0 Å². The molecule has 2 N–H and O–H groups in total. The molecule has 0 spiro atoms. The molecule has 27 heavy (non-hydrogen) atoms. The van der Waals surface area contributed by atoms with Crippen molar-refractivity contribution in [3.63, 3.8) is 0 Å². The Morgan fingerprint density at radius 2 is 1.74 bits per heavy atom. The molecular weight excluding hydrogens is 364 g/mol. The summed E-state index contributed by atoms with van der Waals surface area (Å²) >= 11 is 0. The molecular formula is C20H18N2O4S. The summed E-state index contributed by atoms with van der Waals surface area (Å²) < 4.78 is 12.3. The number of nitrogens with zero attached hydrogens (tertiary/aromatic N) is 1. The average molecular weight is 382 g/mol. The number of carbonyl (C=O) groups excluding carboxylic acids is 1. The van der Waals surface area contributed by atoms with Gasteiger partial charge in [-0.2, -0.15) is 0 Å². The number of pyridine rings is 1. The minimum absolute atomic E-state index is 0.0611. The Morgan fingerprint density at radius 3 is 2.48 bits per heavy atom. The summed E-state index contributed by atoms with van der Waals surface area (Å²) in [6, 6.07) is 16.4. The van der Waals surface area contributed by atoms with Crippen LogP contribution < -0.4 is 5.32 Å². The van der Waals surface area contributed by atoms with Gasteiger partial charge in [-0.3, -0.25) is 14.0 Å². The summed E-state index contributed by atoms with van der Waals surface area (Å²) in [5.41, 5.74) is 1.01. The third kappa shape index (κ3) is 4.57. The third-order valence-corrected chi connectivity index (χ3v) is 5.50. The van der Waals surface area contributed by atoms with Crippen LogP contribution in [0.25, 0.3) is 10.9 Å². The number of aromatic nitrogens is 1. The number of nitrogens with one attached hydrogen (secondary N) is 1. The lowest BCUT2D eigenvalue weighted by molar-refractivity contribution is -0.139. The van der Waals surface area contributed by atoms with Gasteiger partial charge in [-0.25, -0.2) is 4.79 Å². The molecule has 0 fully saturated rings. The maximum absolute atomic E-state index is 12.6. The van der Waals surface area contributed by atoms with Gasteiger partial charge in [-0.1, -0.05) is 36.4 Å². The number of benzene rings is 2. The van der Waals surface area contributed by atoms with Crippen LogP contribution in [0.3, 0.4) is 0 Å². The summed E-state index contributed by atoms with van der Waals surface area (Å²) in [5.74, 6) is -1.52. The average Bonchev–Trinajstić information content (AvgIpc) is 2.70. The van der Waals surface area contributed by atoms with E-state index in [1.165, 1.54) is 6.20 Å². The predicted molar refractivity (Wildman–Crippen MR) is 103 cm³/mol. The number of hydrogen-bond donors (Lipinski definition) is 2. The van der Waals surface area contributed by atoms with Crippen molar-refractivity contribution in [2.24, 2.45) is 0 Å². The lowest BCUT2D eigenvalue weighted by atomic mass is 10.1. The number of para-hydroxylation sites is 1. The number of hydrogen-bond acceptors (Lipinski definition) is 4. The summed E-state index contributed by atoms with van der Waals surface area (Å²) in [7, 11) is -1.33. The molecule has 0 aliphatic heterocycles. The highest BCUT2D eigenvalue weighted by Crippen LogP contribution is 2.16. The second kappa shape index (κ2) is 8.55. The highest BCUT2D eigenvalue weighted by molar-refractivity contribution is 7.85. The van der Waals surface area contributed by atoms with Gasteiger partial charge in [0.1, 0.15) is 6.04 Å². The normalized spacial score (nSPS) is 13.0. The van der Waals surface area contributed by atoms with Crippen LogP contribution in [0.15, 0.2) is 71.8 Å². The molecule has 3 aromatic rings. The third-order valence-electron chi connectivity index (χ3n) is 4.10. The van der Waals surface area contributed by atoms with Crippen molar-refractivity contribution in [3.8, 4) is 0 Å². The summed E-state index contributed by atoms with van der Waals surface area (Å²) in [4.78, 5) is 29.0. The van der Waals surface area contributed by atoms with E-state index >= 15 is 0 Å². The molecule has 6 nitrogen and oxygen atoms in total. The molecule has 0 unspecified atom stereocenters. The SMILES string of the molecule is O=C(N[C@H](CC[S@@](=O)c1ccccc1)C(=O)O)c1ccnc2ccccc12. The van der Waals surface area contributed by atoms with Crippen LogP contribution in [0.4, 0.5) is 0 Å². The fourth-order valence-corrected chi connectivity index (χ4v) is 3.85. The van der Waals surface area contributed by atoms with Crippen LogP contribution in [-0.2, 0) is 15.6 Å². The Kier molecular flexibility index (Phi) is 5.93. The van der Waals surface area contributed by atoms with E-state index in [1.807, 2.05) is 12.1 Å². The number of fused-ring (bicyclic) bond motifs is 1. The fourth-order valence-electron chi connectivity index (χ4n) is 2.70. The van der Waals surface area contributed by atoms with Crippen molar-refractivity contribution in [2.75, 3.05) is 5.75 Å². The van der Waals surface area contributed by atoms with E-state index in [-0.39, 0.29) is 12.2 Å². The van der Waals surface area contributed by atoms with Crippen LogP contribution in [0.2, 0.25) is 0 Å². The second-order valence-corrected chi connectivity index (χ2v) is 7.46. The molecule has 2 atom stereocenters. The van der Waals surface area contributed by atoms with E-state index < -0.39 is 28.7 Å². The topological polar surface area (TPSA) is 96.4 Å². The Bertz CT molecular complexity index is 986. The van der Waals surface area contributed by atoms with Gasteiger partial charge in [0.2, 0.25) is 0 Å². The first kappa shape index (κ1) is 18.7. The number of amides is 1. The van der Waals surface area contributed by atoms with Gasteiger partial charge in [0.25, 0.3) is 5.91 Å². The molecule has 0 bridgehead atoms. The molecule has 3 rings (SSSR count). The number of rotatable bonds is 7. The zero-order valence-electron chi connectivity index (χ0n) is 14.4. The van der Waals surface area contributed by atoms with Gasteiger partial charge >= 0.3 is 5.97 Å². The number of carboxylic acid groups (broad SMARTS) is 1. The minimum Gasteiger partial charge on any atom is -0.480 e. The van der Waals surface area contributed by atoms with Gasteiger partial charge in [-0.05, 0) is 30.7 Å². The molecule has 7 heteroatoms. The Hall–Kier alpha value is -3.06. The number of aliphatic carboxylic acids is 1. The van der Waals surface area contributed by atoms with Crippen LogP contribution >= 0.6 is 0 Å². The molecule has 0 radical (unpaired) electrons. The molecule has 0 aliphatic rings. The standard InChI is InChI=1S/C20H18N2O4S/c23-19(16-10-12-21-17-9-5-4-8-15(16)17)22-18(20(24)25)11-13-27(26)14-6-2-1-3-7-14/h1-10,12,18H,11,13H2,(H,22,23)(H,24,25)/t18-,27-/m1/s1. The smallest absolute Gasteiger partial charge is 0.326 e. The zero-order chi connectivity index (χ0) is 19.2. The van der Waals surface area contributed by atoms with E-state index in [0.29, 0.717) is 21.4 Å². The molecule has 2 aromatic carbocycles. The Labute approximate surface area is 158 Å². The van der Waals surface area contributed by atoms with E-state index in [0.717, 1.165) is 0 Å². The largest absolute Gasteiger partial charge is 0.480 e. The molecule has 0 saturated carbocycles. The maximum Gasteiger partial charge on any atom is 0.326 e. The van der Waals surface area contributed by atoms with Gasteiger partial charge in [0.05, 0.1) is 21.9 Å². The highest BCUT2D eigenvalue weighted by atomic mass is 32.2. The molecule has 138 valence electrons. The van der Waals surface area contributed by atoms with Crippen molar-refractivity contribution < 1.29 is 18.9 Å². The van der Waals surface area contributed by atoms with E-state index in [9.17, 15) is 18.9 Å². The van der Waals surface area contributed by atoms with Crippen molar-refractivity contribution >= 4 is 33.6 Å². The van der Waals surface area contributed by atoms with Gasteiger partial charge in [-0.15, -0.1) is 0 Å². The fraction of sp³-hybridized carbons (Fsp3) is 0.150. The highest BCUT2D eigenvalue weighted by Gasteiger charge is 2.22. The maximum atomic E-state index is 12.6. The number of carbonyl (C=O) groups is 2. The minimum atomic E-state index is -1.33. The molecule has 0 aliphatic carbocycles. The van der Waals surface area contributed by atoms with Crippen LogP contribution in [0, 0.1) is 0 Å². The van der Waals surface area contributed by atoms with Gasteiger partial charge < -0.3 is 10.4 Å². The molecule has 0 saturated heterocycles. The Balaban J connectivity index is 1.71. The quantitative estimate of drug-likeness (QED) is 0.655. The molecule has 1 amide bonds. The van der Waals surface area contributed by atoms with Crippen molar-refractivity contribution in [2.45, 2.75) is 17.4 Å². The first-order chi connectivity index (χ1) is 13.1.